The summed E-state index contributed by atoms with van der Waals surface area (Å²) in [5, 5.41) is 3.32. The molecule has 1 N–H and O–H groups in total. The molecule has 8 heteroatoms. The molecule has 1 amide bonds. The van der Waals surface area contributed by atoms with E-state index >= 15 is 8.78 Å². The molecule has 1 atom stereocenters. The number of ether oxygens (including phenoxy) is 2. The molecule has 2 aliphatic rings. The van der Waals surface area contributed by atoms with Crippen LogP contribution in [0.2, 0.25) is 0 Å². The normalized spacial score (nSPS) is 17.1. The Labute approximate surface area is 197 Å². The van der Waals surface area contributed by atoms with E-state index in [4.69, 9.17) is 9.47 Å². The number of anilines is 2. The van der Waals surface area contributed by atoms with E-state index in [9.17, 15) is 4.79 Å². The number of hydrogen-bond donors (Lipinski definition) is 1. The average Bonchev–Trinajstić information content (AvgIpc) is 3.63. The molecular weight excluding hydrogens is 440 g/mol. The van der Waals surface area contributed by atoms with Crippen LogP contribution in [0.1, 0.15) is 30.9 Å². The quantitative estimate of drug-likeness (QED) is 0.550. The minimum absolute atomic E-state index is 0.0167. The number of rotatable bonds is 8. The first-order valence-corrected chi connectivity index (χ1v) is 10.9. The molecule has 1 aromatic carbocycles. The predicted molar refractivity (Wildman–Crippen MR) is 127 cm³/mol. The first-order valence-electron chi connectivity index (χ1n) is 10.9. The van der Waals surface area contributed by atoms with Gasteiger partial charge >= 0.3 is 0 Å². The van der Waals surface area contributed by atoms with Gasteiger partial charge in [0.2, 0.25) is 5.91 Å². The highest BCUT2D eigenvalue weighted by atomic mass is 19.1. The summed E-state index contributed by atoms with van der Waals surface area (Å²) in [5.41, 5.74) is 1.21. The van der Waals surface area contributed by atoms with Crippen LogP contribution in [0.4, 0.5) is 20.3 Å². The van der Waals surface area contributed by atoms with Crippen LogP contribution in [-0.4, -0.2) is 31.2 Å². The smallest absolute Gasteiger partial charge is 0.238 e. The lowest BCUT2D eigenvalue weighted by molar-refractivity contribution is -0.121. The summed E-state index contributed by atoms with van der Waals surface area (Å²) in [5.74, 6) is -2.03. The minimum Gasteiger partial charge on any atom is -0.493 e. The third kappa shape index (κ3) is 3.73. The largest absolute Gasteiger partial charge is 0.493 e. The summed E-state index contributed by atoms with van der Waals surface area (Å²) in [6.45, 7) is 9.50. The summed E-state index contributed by atoms with van der Waals surface area (Å²) in [6, 6.07) is 2.91. The number of amides is 1. The monoisotopic (exact) mass is 467 g/mol. The molecule has 178 valence electrons. The van der Waals surface area contributed by atoms with E-state index < -0.39 is 22.7 Å². The molecule has 1 spiro atoms. The highest BCUT2D eigenvalue weighted by molar-refractivity contribution is 6.05. The Morgan fingerprint density at radius 3 is 2.38 bits per heavy atom. The fraction of sp³-hybridized carbons (Fsp3) is 0.308. The van der Waals surface area contributed by atoms with Crippen molar-refractivity contribution in [2.45, 2.75) is 37.8 Å². The van der Waals surface area contributed by atoms with Gasteiger partial charge < -0.3 is 19.7 Å². The third-order valence-corrected chi connectivity index (χ3v) is 6.47. The van der Waals surface area contributed by atoms with Gasteiger partial charge in [0, 0.05) is 18.3 Å². The molecule has 34 heavy (non-hydrogen) atoms. The molecule has 0 unspecified atom stereocenters. The Balaban J connectivity index is 1.73. The van der Waals surface area contributed by atoms with Crippen LogP contribution in [0.15, 0.2) is 55.3 Å². The maximum absolute atomic E-state index is 15.2. The summed E-state index contributed by atoms with van der Waals surface area (Å²) in [7, 11) is 2.55. The van der Waals surface area contributed by atoms with Gasteiger partial charge in [0.15, 0.2) is 23.1 Å². The van der Waals surface area contributed by atoms with Gasteiger partial charge in [0.1, 0.15) is 11.5 Å². The van der Waals surface area contributed by atoms with E-state index in [1.165, 1.54) is 14.2 Å². The standard InChI is InChI=1S/C26H27F2N3O3/c1-6-8-16(7-2)15(3)30-21-11-18-17(13-29-21)14-31(25(32)26(18)9-10-26)24-22(27)19(33-4)12-20(34-5)23(24)28/h6-8,11-13,15H,1-2,9-10,14H2,3-5H3,(H,29,30)/b16-8+/t15-/m1/s1. The van der Waals surface area contributed by atoms with Crippen molar-refractivity contribution in [3.8, 4) is 11.5 Å². The van der Waals surface area contributed by atoms with Gasteiger partial charge in [-0.25, -0.2) is 13.8 Å². The zero-order valence-electron chi connectivity index (χ0n) is 19.5. The Hall–Kier alpha value is -3.68. The minimum atomic E-state index is -0.945. The number of carbonyl (C=O) groups is 1. The molecular formula is C26H27F2N3O3. The Morgan fingerprint density at radius 2 is 1.85 bits per heavy atom. The topological polar surface area (TPSA) is 63.7 Å². The van der Waals surface area contributed by atoms with Crippen molar-refractivity contribution in [3.63, 3.8) is 0 Å². The number of hydrogen-bond acceptors (Lipinski definition) is 5. The molecule has 2 aromatic rings. The van der Waals surface area contributed by atoms with Crippen molar-refractivity contribution in [3.05, 3.63) is 78.0 Å². The number of fused-ring (bicyclic) bond motifs is 2. The SMILES string of the molecule is C=C/C=C(\C=C)[C@@H](C)Nc1cc2c(cn1)CN(c1c(F)c(OC)cc(OC)c1F)C(=O)C21CC1. The fourth-order valence-corrected chi connectivity index (χ4v) is 4.48. The summed E-state index contributed by atoms with van der Waals surface area (Å²) < 4.78 is 40.4. The van der Waals surface area contributed by atoms with Gasteiger partial charge in [0.25, 0.3) is 0 Å². The van der Waals surface area contributed by atoms with Gasteiger partial charge in [0.05, 0.1) is 26.2 Å². The zero-order valence-corrected chi connectivity index (χ0v) is 19.5. The lowest BCUT2D eigenvalue weighted by Crippen LogP contribution is -2.45. The van der Waals surface area contributed by atoms with E-state index in [2.05, 4.69) is 23.5 Å². The number of carbonyl (C=O) groups excluding carboxylic acids is 1. The van der Waals surface area contributed by atoms with Crippen LogP contribution >= 0.6 is 0 Å². The molecule has 2 heterocycles. The lowest BCUT2D eigenvalue weighted by Gasteiger charge is -2.35. The van der Waals surface area contributed by atoms with E-state index in [-0.39, 0.29) is 30.0 Å². The molecule has 1 saturated carbocycles. The summed E-state index contributed by atoms with van der Waals surface area (Å²) >= 11 is 0. The van der Waals surface area contributed by atoms with E-state index in [0.29, 0.717) is 18.7 Å². The Bertz CT molecular complexity index is 1180. The molecule has 1 aliphatic heterocycles. The first kappa shape index (κ1) is 23.5. The molecule has 1 aliphatic carbocycles. The number of pyridine rings is 1. The van der Waals surface area contributed by atoms with Crippen molar-refractivity contribution < 1.29 is 23.0 Å². The highest BCUT2D eigenvalue weighted by Gasteiger charge is 2.57. The van der Waals surface area contributed by atoms with Crippen molar-refractivity contribution in [1.29, 1.82) is 0 Å². The second-order valence-electron chi connectivity index (χ2n) is 8.43. The van der Waals surface area contributed by atoms with E-state index in [1.807, 2.05) is 19.1 Å². The second kappa shape index (κ2) is 8.93. The fourth-order valence-electron chi connectivity index (χ4n) is 4.48. The maximum atomic E-state index is 15.2. The van der Waals surface area contributed by atoms with Crippen LogP contribution in [0.3, 0.4) is 0 Å². The molecule has 0 bridgehead atoms. The van der Waals surface area contributed by atoms with E-state index in [0.717, 1.165) is 27.7 Å². The van der Waals surface area contributed by atoms with Crippen molar-refractivity contribution >= 4 is 17.4 Å². The van der Waals surface area contributed by atoms with Crippen LogP contribution in [-0.2, 0) is 16.8 Å². The molecule has 4 rings (SSSR count). The maximum Gasteiger partial charge on any atom is 0.238 e. The number of benzene rings is 1. The van der Waals surface area contributed by atoms with Crippen LogP contribution in [0, 0.1) is 11.6 Å². The average molecular weight is 468 g/mol. The second-order valence-corrected chi connectivity index (χ2v) is 8.43. The van der Waals surface area contributed by atoms with Crippen LogP contribution in [0.5, 0.6) is 11.5 Å². The Kier molecular flexibility index (Phi) is 6.17. The number of methoxy groups -OCH3 is 2. The van der Waals surface area contributed by atoms with Gasteiger partial charge in [-0.15, -0.1) is 0 Å². The first-order chi connectivity index (χ1) is 16.3. The third-order valence-electron chi connectivity index (χ3n) is 6.47. The summed E-state index contributed by atoms with van der Waals surface area (Å²) in [6.07, 6.45) is 8.13. The number of allylic oxidation sites excluding steroid dienone is 2. The molecule has 6 nitrogen and oxygen atoms in total. The Morgan fingerprint density at radius 1 is 1.21 bits per heavy atom. The van der Waals surface area contributed by atoms with Crippen molar-refractivity contribution in [2.24, 2.45) is 0 Å². The zero-order chi connectivity index (χ0) is 24.6. The van der Waals surface area contributed by atoms with Crippen molar-refractivity contribution in [1.82, 2.24) is 4.98 Å². The lowest BCUT2D eigenvalue weighted by atomic mass is 9.86. The van der Waals surface area contributed by atoms with Gasteiger partial charge in [-0.1, -0.05) is 31.4 Å². The van der Waals surface area contributed by atoms with Crippen molar-refractivity contribution in [2.75, 3.05) is 24.4 Å². The van der Waals surface area contributed by atoms with Crippen LogP contribution in [0.25, 0.3) is 0 Å². The molecule has 0 radical (unpaired) electrons. The number of nitrogens with one attached hydrogen (secondary N) is 1. The van der Waals surface area contributed by atoms with Gasteiger partial charge in [-0.3, -0.25) is 4.79 Å². The predicted octanol–water partition coefficient (Wildman–Crippen LogP) is 5.05. The summed E-state index contributed by atoms with van der Waals surface area (Å²) in [4.78, 5) is 19.2. The number of halogens is 2. The van der Waals surface area contributed by atoms with E-state index in [1.54, 1.807) is 18.3 Å². The van der Waals surface area contributed by atoms with Gasteiger partial charge in [-0.2, -0.15) is 0 Å². The molecule has 1 aromatic heterocycles. The number of aromatic nitrogens is 1. The van der Waals surface area contributed by atoms with Gasteiger partial charge in [-0.05, 0) is 42.5 Å². The highest BCUT2D eigenvalue weighted by Crippen LogP contribution is 2.55. The number of nitrogens with zero attached hydrogens (tertiary/aromatic N) is 2. The molecule has 1 fully saturated rings. The van der Waals surface area contributed by atoms with Crippen LogP contribution < -0.4 is 19.7 Å². The molecule has 0 saturated heterocycles.